The summed E-state index contributed by atoms with van der Waals surface area (Å²) in [6, 6.07) is 0. The van der Waals surface area contributed by atoms with Crippen molar-refractivity contribution in [3.63, 3.8) is 0 Å². The number of unbranched alkanes of at least 4 members (excludes halogenated alkanes) is 1. The smallest absolute Gasteiger partial charge is 0.330 e. The monoisotopic (exact) mass is 311 g/mol. The fourth-order valence-electron chi connectivity index (χ4n) is 0.560. The molecule has 0 saturated carbocycles. The quantitative estimate of drug-likeness (QED) is 0.779. The van der Waals surface area contributed by atoms with E-state index in [1.165, 1.54) is 12.8 Å². The summed E-state index contributed by atoms with van der Waals surface area (Å²) in [6.45, 7) is 2.98. The molecule has 19 heavy (non-hydrogen) atoms. The van der Waals surface area contributed by atoms with Crippen LogP contribution in [0.4, 0.5) is 43.9 Å². The standard InChI is InChI=1S/C4F10.C4H11N/c5-1(6,3(9,10)11)2(7,8)4(12,13)14;1-2-3-4-5/h;2-5H2,1H3. The first-order valence-corrected chi connectivity index (χ1v) is 4.76. The van der Waals surface area contributed by atoms with Gasteiger partial charge in [0.25, 0.3) is 0 Å². The van der Waals surface area contributed by atoms with Crippen molar-refractivity contribution in [3.8, 4) is 0 Å². The minimum atomic E-state index is -7.14. The van der Waals surface area contributed by atoms with Crippen LogP contribution in [0.3, 0.4) is 0 Å². The largest absolute Gasteiger partial charge is 0.460 e. The molecule has 0 saturated heterocycles. The van der Waals surface area contributed by atoms with E-state index in [1.54, 1.807) is 0 Å². The molecule has 0 unspecified atom stereocenters. The van der Waals surface area contributed by atoms with Crippen LogP contribution in [0, 0.1) is 0 Å². The third kappa shape index (κ3) is 5.03. The van der Waals surface area contributed by atoms with Gasteiger partial charge in [0, 0.05) is 0 Å². The summed E-state index contributed by atoms with van der Waals surface area (Å²) in [5.74, 6) is -14.3. The van der Waals surface area contributed by atoms with Crippen LogP contribution in [-0.2, 0) is 0 Å². The number of hydrogen-bond donors (Lipinski definition) is 1. The van der Waals surface area contributed by atoms with Crippen molar-refractivity contribution in [2.45, 2.75) is 44.0 Å². The lowest BCUT2D eigenvalue weighted by atomic mass is 10.1. The summed E-state index contributed by atoms with van der Waals surface area (Å²) in [6.07, 6.45) is -11.5. The normalized spacial score (nSPS) is 13.9. The van der Waals surface area contributed by atoms with Crippen LogP contribution in [0.2, 0.25) is 0 Å². The topological polar surface area (TPSA) is 26.0 Å². The first-order valence-electron chi connectivity index (χ1n) is 4.76. The van der Waals surface area contributed by atoms with Gasteiger partial charge in [-0.25, -0.2) is 0 Å². The summed E-state index contributed by atoms with van der Waals surface area (Å²) in [4.78, 5) is 0. The molecule has 0 bridgehead atoms. The highest BCUT2D eigenvalue weighted by Crippen LogP contribution is 2.53. The fourth-order valence-corrected chi connectivity index (χ4v) is 0.560. The molecule has 0 radical (unpaired) electrons. The van der Waals surface area contributed by atoms with Crippen LogP contribution in [-0.4, -0.2) is 30.7 Å². The third-order valence-corrected chi connectivity index (χ3v) is 1.66. The Morgan fingerprint density at radius 3 is 1.00 bits per heavy atom. The Balaban J connectivity index is 0. The molecule has 0 aromatic heterocycles. The molecule has 0 aliphatic rings. The van der Waals surface area contributed by atoms with Crippen LogP contribution < -0.4 is 5.73 Å². The van der Waals surface area contributed by atoms with Gasteiger partial charge in [-0.2, -0.15) is 43.9 Å². The zero-order valence-electron chi connectivity index (χ0n) is 9.48. The third-order valence-electron chi connectivity index (χ3n) is 1.66. The zero-order valence-corrected chi connectivity index (χ0v) is 9.48. The Morgan fingerprint density at radius 1 is 0.684 bits per heavy atom. The Bertz CT molecular complexity index is 227. The van der Waals surface area contributed by atoms with Crippen molar-refractivity contribution in [1.82, 2.24) is 0 Å². The van der Waals surface area contributed by atoms with Gasteiger partial charge in [-0.3, -0.25) is 0 Å². The summed E-state index contributed by atoms with van der Waals surface area (Å²) in [5.41, 5.74) is 5.14. The van der Waals surface area contributed by atoms with Gasteiger partial charge in [0.1, 0.15) is 0 Å². The van der Waals surface area contributed by atoms with Crippen molar-refractivity contribution in [1.29, 1.82) is 0 Å². The van der Waals surface area contributed by atoms with Crippen molar-refractivity contribution < 1.29 is 43.9 Å². The number of halogens is 10. The lowest BCUT2D eigenvalue weighted by Crippen LogP contribution is -2.59. The maximum atomic E-state index is 11.6. The minimum Gasteiger partial charge on any atom is -0.330 e. The van der Waals surface area contributed by atoms with Gasteiger partial charge >= 0.3 is 24.2 Å². The van der Waals surface area contributed by atoms with Gasteiger partial charge in [-0.15, -0.1) is 0 Å². The second-order valence-corrected chi connectivity index (χ2v) is 3.29. The van der Waals surface area contributed by atoms with Crippen LogP contribution in [0.1, 0.15) is 19.8 Å². The maximum Gasteiger partial charge on any atom is 0.460 e. The van der Waals surface area contributed by atoms with Crippen LogP contribution in [0.15, 0.2) is 0 Å². The molecule has 0 heterocycles. The van der Waals surface area contributed by atoms with Crippen molar-refractivity contribution in [3.05, 3.63) is 0 Å². The molecule has 0 fully saturated rings. The Kier molecular flexibility index (Phi) is 7.17. The van der Waals surface area contributed by atoms with E-state index in [0.717, 1.165) is 6.54 Å². The number of nitrogens with two attached hydrogens (primary N) is 1. The average Bonchev–Trinajstić information content (AvgIpc) is 2.16. The van der Waals surface area contributed by atoms with E-state index in [1.807, 2.05) is 0 Å². The van der Waals surface area contributed by atoms with Gasteiger partial charge in [0.15, 0.2) is 0 Å². The highest BCUT2D eigenvalue weighted by molar-refractivity contribution is 4.95. The molecule has 11 heteroatoms. The number of hydrogen-bond acceptors (Lipinski definition) is 1. The molecule has 1 nitrogen and oxygen atoms in total. The summed E-state index contributed by atoms with van der Waals surface area (Å²) in [5, 5.41) is 0. The van der Waals surface area contributed by atoms with Gasteiger partial charge in [-0.1, -0.05) is 13.3 Å². The number of rotatable bonds is 3. The second kappa shape index (κ2) is 6.62. The number of alkyl halides is 10. The molecule has 0 rings (SSSR count). The SMILES string of the molecule is CCCCN.FC(F)(F)C(F)(F)C(F)(F)C(F)(F)F. The molecular formula is C8H11F10N. The molecule has 0 aliphatic carbocycles. The lowest BCUT2D eigenvalue weighted by molar-refractivity contribution is -0.419. The minimum absolute atomic E-state index is 0.844. The van der Waals surface area contributed by atoms with Crippen molar-refractivity contribution in [2.75, 3.05) is 6.54 Å². The molecule has 0 atom stereocenters. The van der Waals surface area contributed by atoms with E-state index in [9.17, 15) is 43.9 Å². The Morgan fingerprint density at radius 2 is 0.947 bits per heavy atom. The molecule has 0 spiro atoms. The highest BCUT2D eigenvalue weighted by Gasteiger charge is 2.82. The van der Waals surface area contributed by atoms with Crippen LogP contribution >= 0.6 is 0 Å². The maximum absolute atomic E-state index is 11.6. The Hall–Kier alpha value is -0.740. The van der Waals surface area contributed by atoms with E-state index < -0.39 is 24.2 Å². The van der Waals surface area contributed by atoms with E-state index in [0.29, 0.717) is 0 Å². The fraction of sp³-hybridized carbons (Fsp3) is 1.00. The molecule has 0 aromatic carbocycles. The molecule has 118 valence electrons. The molecule has 0 amide bonds. The van der Waals surface area contributed by atoms with Crippen molar-refractivity contribution >= 4 is 0 Å². The molecule has 0 aromatic rings. The van der Waals surface area contributed by atoms with E-state index in [4.69, 9.17) is 5.73 Å². The average molecular weight is 311 g/mol. The van der Waals surface area contributed by atoms with Gasteiger partial charge in [0.05, 0.1) is 0 Å². The lowest BCUT2D eigenvalue weighted by Gasteiger charge is -2.29. The van der Waals surface area contributed by atoms with Crippen molar-refractivity contribution in [2.24, 2.45) is 5.73 Å². The van der Waals surface area contributed by atoms with Crippen LogP contribution in [0.25, 0.3) is 0 Å². The summed E-state index contributed by atoms with van der Waals surface area (Å²) < 4.78 is 113. The first-order chi connectivity index (χ1) is 8.16. The van der Waals surface area contributed by atoms with Gasteiger partial charge < -0.3 is 5.73 Å². The second-order valence-electron chi connectivity index (χ2n) is 3.29. The molecular weight excluding hydrogens is 300 g/mol. The predicted molar refractivity (Wildman–Crippen MR) is 46.0 cm³/mol. The van der Waals surface area contributed by atoms with Gasteiger partial charge in [-0.05, 0) is 13.0 Å². The Labute approximate surface area is 101 Å². The van der Waals surface area contributed by atoms with E-state index in [2.05, 4.69) is 6.92 Å². The summed E-state index contributed by atoms with van der Waals surface area (Å²) >= 11 is 0. The molecule has 0 aliphatic heterocycles. The first kappa shape index (κ1) is 20.6. The van der Waals surface area contributed by atoms with Crippen LogP contribution in [0.5, 0.6) is 0 Å². The highest BCUT2D eigenvalue weighted by atomic mass is 19.4. The predicted octanol–water partition coefficient (Wildman–Crippen LogP) is 4.13. The summed E-state index contributed by atoms with van der Waals surface area (Å²) in [7, 11) is 0. The molecule has 2 N–H and O–H groups in total. The zero-order chi connectivity index (χ0) is 16.1. The van der Waals surface area contributed by atoms with E-state index in [-0.39, 0.29) is 0 Å². The van der Waals surface area contributed by atoms with Gasteiger partial charge in [0.2, 0.25) is 0 Å². The van der Waals surface area contributed by atoms with E-state index >= 15 is 0 Å².